The highest BCUT2D eigenvalue weighted by Crippen LogP contribution is 2.27. The van der Waals surface area contributed by atoms with Crippen LogP contribution in [0.25, 0.3) is 0 Å². The summed E-state index contributed by atoms with van der Waals surface area (Å²) in [6.45, 7) is 1.26. The number of carbonyl (C=O) groups excluding carboxylic acids is 1. The van der Waals surface area contributed by atoms with Gasteiger partial charge in [-0.25, -0.2) is 13.1 Å². The van der Waals surface area contributed by atoms with Gasteiger partial charge in [0.05, 0.1) is 0 Å². The lowest BCUT2D eigenvalue weighted by atomic mass is 10.1. The zero-order valence-corrected chi connectivity index (χ0v) is 12.5. The topological polar surface area (TPSA) is 121 Å². The van der Waals surface area contributed by atoms with Crippen molar-refractivity contribution < 1.29 is 18.3 Å². The van der Waals surface area contributed by atoms with E-state index in [1.165, 1.54) is 6.92 Å². The molecule has 3 N–H and O–H groups in total. The lowest BCUT2D eigenvalue weighted by molar-refractivity contribution is -0.114. The third-order valence-electron chi connectivity index (χ3n) is 3.12. The van der Waals surface area contributed by atoms with Crippen molar-refractivity contribution in [3.05, 3.63) is 0 Å². The van der Waals surface area contributed by atoms with Crippen molar-refractivity contribution in [3.63, 3.8) is 0 Å². The summed E-state index contributed by atoms with van der Waals surface area (Å²) >= 11 is 0.793. The molecule has 0 aliphatic heterocycles. The van der Waals surface area contributed by atoms with Crippen LogP contribution < -0.4 is 10.0 Å². The first-order valence-corrected chi connectivity index (χ1v) is 8.46. The molecule has 0 bridgehead atoms. The summed E-state index contributed by atoms with van der Waals surface area (Å²) in [6.07, 6.45) is 2.38. The summed E-state index contributed by atoms with van der Waals surface area (Å²) in [5.74, 6) is -0.401. The molecule has 20 heavy (non-hydrogen) atoms. The van der Waals surface area contributed by atoms with E-state index in [2.05, 4.69) is 20.2 Å². The standard InChI is InChI=1S/C10H16N4O4S2/c1-6(16)11-9-12-13-10(19-9)20(17,18)14-8-4-2-3-7(8)5-15/h7-8,14-15H,2-5H2,1H3,(H,11,12,16). The quantitative estimate of drug-likeness (QED) is 0.653. The van der Waals surface area contributed by atoms with Crippen LogP contribution in [0.2, 0.25) is 0 Å². The largest absolute Gasteiger partial charge is 0.396 e. The zero-order valence-electron chi connectivity index (χ0n) is 10.9. The maximum absolute atomic E-state index is 12.2. The highest BCUT2D eigenvalue weighted by Gasteiger charge is 2.32. The number of aliphatic hydroxyl groups is 1. The number of hydrogen-bond acceptors (Lipinski definition) is 7. The van der Waals surface area contributed by atoms with E-state index in [0.717, 1.165) is 24.2 Å². The Balaban J connectivity index is 2.10. The number of aromatic nitrogens is 2. The van der Waals surface area contributed by atoms with Crippen molar-refractivity contribution in [2.45, 2.75) is 36.6 Å². The van der Waals surface area contributed by atoms with E-state index in [9.17, 15) is 18.3 Å². The molecule has 1 aromatic heterocycles. The van der Waals surface area contributed by atoms with Gasteiger partial charge in [-0.05, 0) is 18.8 Å². The van der Waals surface area contributed by atoms with Crippen LogP contribution in [0, 0.1) is 5.92 Å². The van der Waals surface area contributed by atoms with E-state index in [4.69, 9.17) is 0 Å². The SMILES string of the molecule is CC(=O)Nc1nnc(S(=O)(=O)NC2CCCC2CO)s1. The number of sulfonamides is 1. The molecule has 0 aromatic carbocycles. The molecule has 8 nitrogen and oxygen atoms in total. The minimum absolute atomic E-state index is 0.0412. The van der Waals surface area contributed by atoms with Crippen molar-refractivity contribution >= 4 is 32.4 Å². The Morgan fingerprint density at radius 1 is 1.45 bits per heavy atom. The first-order valence-electron chi connectivity index (χ1n) is 6.16. The van der Waals surface area contributed by atoms with Gasteiger partial charge in [-0.1, -0.05) is 17.8 Å². The monoisotopic (exact) mass is 320 g/mol. The fraction of sp³-hybridized carbons (Fsp3) is 0.700. The Hall–Kier alpha value is -1.10. The van der Waals surface area contributed by atoms with Crippen LogP contribution in [0.4, 0.5) is 5.13 Å². The van der Waals surface area contributed by atoms with Gasteiger partial charge < -0.3 is 10.4 Å². The molecular formula is C10H16N4O4S2. The third-order valence-corrected chi connectivity index (χ3v) is 5.82. The molecule has 1 aliphatic rings. The molecule has 2 rings (SSSR count). The van der Waals surface area contributed by atoms with Crippen LogP contribution in [0.15, 0.2) is 4.34 Å². The average Bonchev–Trinajstić information content (AvgIpc) is 2.97. The van der Waals surface area contributed by atoms with Crippen molar-refractivity contribution in [2.24, 2.45) is 5.92 Å². The van der Waals surface area contributed by atoms with Crippen LogP contribution in [-0.2, 0) is 14.8 Å². The first-order chi connectivity index (χ1) is 9.42. The summed E-state index contributed by atoms with van der Waals surface area (Å²) in [4.78, 5) is 10.9. The van der Waals surface area contributed by atoms with Crippen LogP contribution in [0.1, 0.15) is 26.2 Å². The predicted molar refractivity (Wildman–Crippen MR) is 72.7 cm³/mol. The van der Waals surface area contributed by atoms with E-state index < -0.39 is 10.0 Å². The number of nitrogens with zero attached hydrogens (tertiary/aromatic N) is 2. The van der Waals surface area contributed by atoms with Gasteiger partial charge in [-0.3, -0.25) is 4.79 Å². The molecule has 2 unspecified atom stereocenters. The van der Waals surface area contributed by atoms with Gasteiger partial charge in [0.25, 0.3) is 10.0 Å². The summed E-state index contributed by atoms with van der Waals surface area (Å²) in [7, 11) is -3.77. The molecular weight excluding hydrogens is 304 g/mol. The second kappa shape index (κ2) is 6.12. The highest BCUT2D eigenvalue weighted by molar-refractivity contribution is 7.91. The molecule has 0 saturated heterocycles. The van der Waals surface area contributed by atoms with Crippen LogP contribution in [0.3, 0.4) is 0 Å². The molecule has 10 heteroatoms. The normalized spacial score (nSPS) is 22.9. The van der Waals surface area contributed by atoms with E-state index >= 15 is 0 Å². The number of amides is 1. The molecule has 1 aromatic rings. The van der Waals surface area contributed by atoms with E-state index in [1.54, 1.807) is 0 Å². The Labute approximate surface area is 120 Å². The van der Waals surface area contributed by atoms with Gasteiger partial charge in [0, 0.05) is 19.6 Å². The number of aliphatic hydroxyl groups excluding tert-OH is 1. The van der Waals surface area contributed by atoms with E-state index in [0.29, 0.717) is 6.42 Å². The minimum Gasteiger partial charge on any atom is -0.396 e. The van der Waals surface area contributed by atoms with Crippen LogP contribution in [-0.4, -0.2) is 42.3 Å². The number of nitrogens with one attached hydrogen (secondary N) is 2. The number of hydrogen-bond donors (Lipinski definition) is 3. The number of anilines is 1. The summed E-state index contributed by atoms with van der Waals surface area (Å²) in [5.41, 5.74) is 0. The number of carbonyl (C=O) groups is 1. The third kappa shape index (κ3) is 3.51. The van der Waals surface area contributed by atoms with Crippen LogP contribution >= 0.6 is 11.3 Å². The molecule has 112 valence electrons. The summed E-state index contributed by atoms with van der Waals surface area (Å²) in [6, 6.07) is -0.280. The van der Waals surface area contributed by atoms with Gasteiger partial charge in [0.2, 0.25) is 15.4 Å². The fourth-order valence-corrected chi connectivity index (χ4v) is 4.48. The fourth-order valence-electron chi connectivity index (χ4n) is 2.18. The number of rotatable bonds is 5. The summed E-state index contributed by atoms with van der Waals surface area (Å²) < 4.78 is 26.7. The maximum atomic E-state index is 12.2. The van der Waals surface area contributed by atoms with E-state index in [1.807, 2.05) is 0 Å². The smallest absolute Gasteiger partial charge is 0.270 e. The molecule has 1 amide bonds. The molecule has 2 atom stereocenters. The van der Waals surface area contributed by atoms with Gasteiger partial charge >= 0.3 is 0 Å². The van der Waals surface area contributed by atoms with Gasteiger partial charge in [-0.15, -0.1) is 10.2 Å². The Morgan fingerprint density at radius 3 is 2.85 bits per heavy atom. The van der Waals surface area contributed by atoms with Gasteiger partial charge in [0.1, 0.15) is 0 Å². The Morgan fingerprint density at radius 2 is 2.20 bits per heavy atom. The lowest BCUT2D eigenvalue weighted by Gasteiger charge is -2.17. The zero-order chi connectivity index (χ0) is 14.8. The minimum atomic E-state index is -3.77. The molecule has 1 saturated carbocycles. The average molecular weight is 320 g/mol. The maximum Gasteiger partial charge on any atom is 0.270 e. The lowest BCUT2D eigenvalue weighted by Crippen LogP contribution is -2.38. The van der Waals surface area contributed by atoms with Crippen molar-refractivity contribution in [1.82, 2.24) is 14.9 Å². The highest BCUT2D eigenvalue weighted by atomic mass is 32.2. The Kier molecular flexibility index (Phi) is 4.68. The van der Waals surface area contributed by atoms with Crippen molar-refractivity contribution in [3.8, 4) is 0 Å². The van der Waals surface area contributed by atoms with E-state index in [-0.39, 0.29) is 33.9 Å². The predicted octanol–water partition coefficient (Wildman–Crippen LogP) is -0.0642. The molecule has 0 radical (unpaired) electrons. The van der Waals surface area contributed by atoms with Crippen molar-refractivity contribution in [1.29, 1.82) is 0 Å². The first kappa shape index (κ1) is 15.3. The Bertz CT molecular complexity index is 586. The molecule has 1 fully saturated rings. The second-order valence-electron chi connectivity index (χ2n) is 4.66. The van der Waals surface area contributed by atoms with Gasteiger partial charge in [-0.2, -0.15) is 0 Å². The second-order valence-corrected chi connectivity index (χ2v) is 7.52. The molecule has 1 aliphatic carbocycles. The van der Waals surface area contributed by atoms with Gasteiger partial charge in [0.15, 0.2) is 0 Å². The van der Waals surface area contributed by atoms with Crippen LogP contribution in [0.5, 0.6) is 0 Å². The van der Waals surface area contributed by atoms with Crippen molar-refractivity contribution in [2.75, 3.05) is 11.9 Å². The summed E-state index contributed by atoms with van der Waals surface area (Å²) in [5, 5.41) is 18.9. The molecule has 1 heterocycles. The molecule has 0 spiro atoms.